The molecule has 0 amide bonds. The number of piperazine rings is 1. The van der Waals surface area contributed by atoms with Gasteiger partial charge in [-0.15, -0.1) is 12.4 Å². The van der Waals surface area contributed by atoms with Crippen molar-refractivity contribution in [2.24, 2.45) is 0 Å². The van der Waals surface area contributed by atoms with Crippen molar-refractivity contribution in [1.82, 2.24) is 9.62 Å². The molecule has 0 atom stereocenters. The first kappa shape index (κ1) is 18.2. The lowest BCUT2D eigenvalue weighted by molar-refractivity contribution is 0.0596. The smallest absolute Gasteiger partial charge is 0.339 e. The first-order valence-electron chi connectivity index (χ1n) is 6.05. The van der Waals surface area contributed by atoms with Crippen LogP contribution in [0.1, 0.15) is 10.4 Å². The van der Waals surface area contributed by atoms with Crippen LogP contribution in [-0.4, -0.2) is 52.0 Å². The standard InChI is InChI=1S/C12H15ClN2O4S.ClH/c1-19-12(16)10-3-2-9(13)8-11(10)20(17,18)15-6-4-14-5-7-15;/h2-3,8,14H,4-7H2,1H3;1H. The van der Waals surface area contributed by atoms with Gasteiger partial charge in [0.25, 0.3) is 0 Å². The van der Waals surface area contributed by atoms with Crippen molar-refractivity contribution in [3.05, 3.63) is 28.8 Å². The number of benzene rings is 1. The number of carbonyl (C=O) groups excluding carboxylic acids is 1. The Bertz CT molecular complexity index is 616. The molecule has 0 spiro atoms. The van der Waals surface area contributed by atoms with Crippen molar-refractivity contribution >= 4 is 40.0 Å². The van der Waals surface area contributed by atoms with Crippen LogP contribution in [0.4, 0.5) is 0 Å². The lowest BCUT2D eigenvalue weighted by atomic mass is 10.2. The van der Waals surface area contributed by atoms with Gasteiger partial charge in [-0.25, -0.2) is 13.2 Å². The second kappa shape index (κ2) is 7.42. The van der Waals surface area contributed by atoms with Crippen molar-refractivity contribution in [3.63, 3.8) is 0 Å². The van der Waals surface area contributed by atoms with Gasteiger partial charge in [0, 0.05) is 31.2 Å². The number of hydrogen-bond donors (Lipinski definition) is 1. The molecule has 0 saturated carbocycles. The molecule has 1 saturated heterocycles. The van der Waals surface area contributed by atoms with E-state index in [1.165, 1.54) is 29.6 Å². The number of methoxy groups -OCH3 is 1. The molecule has 21 heavy (non-hydrogen) atoms. The SMILES string of the molecule is COC(=O)c1ccc(Cl)cc1S(=O)(=O)N1CCNCC1.Cl. The summed E-state index contributed by atoms with van der Waals surface area (Å²) in [7, 11) is -2.56. The van der Waals surface area contributed by atoms with E-state index in [4.69, 9.17) is 11.6 Å². The summed E-state index contributed by atoms with van der Waals surface area (Å²) in [6.45, 7) is 1.87. The fraction of sp³-hybridized carbons (Fsp3) is 0.417. The molecule has 1 aromatic carbocycles. The topological polar surface area (TPSA) is 75.7 Å². The van der Waals surface area contributed by atoms with Crippen molar-refractivity contribution < 1.29 is 17.9 Å². The zero-order valence-corrected chi connectivity index (χ0v) is 13.7. The molecule has 118 valence electrons. The van der Waals surface area contributed by atoms with E-state index in [2.05, 4.69) is 10.1 Å². The Labute approximate surface area is 134 Å². The summed E-state index contributed by atoms with van der Waals surface area (Å²) in [6.07, 6.45) is 0. The van der Waals surface area contributed by atoms with E-state index in [0.717, 1.165) is 0 Å². The molecule has 0 bridgehead atoms. The molecule has 1 fully saturated rings. The summed E-state index contributed by atoms with van der Waals surface area (Å²) < 4.78 is 31.2. The van der Waals surface area contributed by atoms with Crippen LogP contribution in [0.3, 0.4) is 0 Å². The number of sulfonamides is 1. The summed E-state index contributed by atoms with van der Waals surface area (Å²) in [6, 6.07) is 4.11. The Balaban J connectivity index is 0.00000220. The predicted molar refractivity (Wildman–Crippen MR) is 81.7 cm³/mol. The molecule has 1 N–H and O–H groups in total. The van der Waals surface area contributed by atoms with Gasteiger partial charge in [-0.1, -0.05) is 11.6 Å². The molecule has 6 nitrogen and oxygen atoms in total. The van der Waals surface area contributed by atoms with Crippen LogP contribution in [0.15, 0.2) is 23.1 Å². The largest absolute Gasteiger partial charge is 0.465 e. The molecule has 0 unspecified atom stereocenters. The second-order valence-corrected chi connectivity index (χ2v) is 6.63. The van der Waals surface area contributed by atoms with E-state index in [0.29, 0.717) is 26.2 Å². The highest BCUT2D eigenvalue weighted by Gasteiger charge is 2.30. The Morgan fingerprint density at radius 3 is 2.52 bits per heavy atom. The summed E-state index contributed by atoms with van der Waals surface area (Å²) in [4.78, 5) is 11.6. The van der Waals surface area contributed by atoms with Gasteiger partial charge < -0.3 is 10.1 Å². The normalized spacial score (nSPS) is 16.1. The summed E-state index contributed by atoms with van der Waals surface area (Å²) >= 11 is 5.86. The molecule has 1 aliphatic rings. The molecular formula is C12H16Cl2N2O4S. The minimum atomic E-state index is -3.76. The maximum atomic E-state index is 12.6. The third kappa shape index (κ3) is 3.87. The lowest BCUT2D eigenvalue weighted by Crippen LogP contribution is -2.46. The van der Waals surface area contributed by atoms with Gasteiger partial charge in [-0.3, -0.25) is 0 Å². The second-order valence-electron chi connectivity index (χ2n) is 4.29. The number of rotatable bonds is 3. The van der Waals surface area contributed by atoms with Crippen LogP contribution in [0.25, 0.3) is 0 Å². The van der Waals surface area contributed by atoms with Crippen molar-refractivity contribution in [1.29, 1.82) is 0 Å². The maximum Gasteiger partial charge on any atom is 0.339 e. The number of nitrogens with zero attached hydrogens (tertiary/aromatic N) is 1. The zero-order valence-electron chi connectivity index (χ0n) is 11.3. The number of carbonyl (C=O) groups is 1. The minimum absolute atomic E-state index is 0. The fourth-order valence-electron chi connectivity index (χ4n) is 2.01. The van der Waals surface area contributed by atoms with Gasteiger partial charge in [-0.05, 0) is 18.2 Å². The number of ether oxygens (including phenoxy) is 1. The molecule has 0 aliphatic carbocycles. The van der Waals surface area contributed by atoms with E-state index in [1.807, 2.05) is 0 Å². The highest BCUT2D eigenvalue weighted by molar-refractivity contribution is 7.89. The van der Waals surface area contributed by atoms with Gasteiger partial charge >= 0.3 is 5.97 Å². The number of hydrogen-bond acceptors (Lipinski definition) is 5. The van der Waals surface area contributed by atoms with E-state index < -0.39 is 16.0 Å². The third-order valence-corrected chi connectivity index (χ3v) is 5.22. The molecule has 1 aromatic rings. The number of esters is 1. The minimum Gasteiger partial charge on any atom is -0.465 e. The van der Waals surface area contributed by atoms with E-state index in [1.54, 1.807) is 0 Å². The third-order valence-electron chi connectivity index (χ3n) is 3.04. The molecular weight excluding hydrogens is 339 g/mol. The Kier molecular flexibility index (Phi) is 6.42. The summed E-state index contributed by atoms with van der Waals surface area (Å²) in [5.41, 5.74) is -0.00423. The molecule has 1 aliphatic heterocycles. The van der Waals surface area contributed by atoms with Gasteiger partial charge in [0.05, 0.1) is 17.6 Å². The average molecular weight is 355 g/mol. The molecule has 1 heterocycles. The van der Waals surface area contributed by atoms with Gasteiger partial charge in [0.15, 0.2) is 0 Å². The Morgan fingerprint density at radius 2 is 1.95 bits per heavy atom. The molecule has 0 aromatic heterocycles. The van der Waals surface area contributed by atoms with Gasteiger partial charge in [-0.2, -0.15) is 4.31 Å². The van der Waals surface area contributed by atoms with Crippen molar-refractivity contribution in [3.8, 4) is 0 Å². The summed E-state index contributed by atoms with van der Waals surface area (Å²) in [5, 5.41) is 3.33. The van der Waals surface area contributed by atoms with Crippen LogP contribution in [0, 0.1) is 0 Å². The van der Waals surface area contributed by atoms with E-state index in [-0.39, 0.29) is 27.9 Å². The average Bonchev–Trinajstić information content (AvgIpc) is 2.47. The zero-order chi connectivity index (χ0) is 14.8. The van der Waals surface area contributed by atoms with Crippen molar-refractivity contribution in [2.75, 3.05) is 33.3 Å². The van der Waals surface area contributed by atoms with Crippen LogP contribution in [0.2, 0.25) is 5.02 Å². The predicted octanol–water partition coefficient (Wildman–Crippen LogP) is 1.14. The Morgan fingerprint density at radius 1 is 1.33 bits per heavy atom. The Hall–Kier alpha value is -0.860. The fourth-order valence-corrected chi connectivity index (χ4v) is 3.90. The first-order chi connectivity index (χ1) is 9.46. The first-order valence-corrected chi connectivity index (χ1v) is 7.87. The van der Waals surface area contributed by atoms with Crippen LogP contribution < -0.4 is 5.32 Å². The van der Waals surface area contributed by atoms with Gasteiger partial charge in [0.2, 0.25) is 10.0 Å². The highest BCUT2D eigenvalue weighted by Crippen LogP contribution is 2.25. The number of halogens is 2. The molecule has 2 rings (SSSR count). The molecule has 9 heteroatoms. The molecule has 0 radical (unpaired) electrons. The summed E-state index contributed by atoms with van der Waals surface area (Å²) in [5.74, 6) is -0.699. The quantitative estimate of drug-likeness (QED) is 0.823. The monoisotopic (exact) mass is 354 g/mol. The maximum absolute atomic E-state index is 12.6. The van der Waals surface area contributed by atoms with Crippen LogP contribution >= 0.6 is 24.0 Å². The highest BCUT2D eigenvalue weighted by atomic mass is 35.5. The van der Waals surface area contributed by atoms with Crippen molar-refractivity contribution in [2.45, 2.75) is 4.90 Å². The van der Waals surface area contributed by atoms with E-state index in [9.17, 15) is 13.2 Å². The lowest BCUT2D eigenvalue weighted by Gasteiger charge is -2.27. The van der Waals surface area contributed by atoms with E-state index >= 15 is 0 Å². The van der Waals surface area contributed by atoms with Gasteiger partial charge in [0.1, 0.15) is 0 Å². The number of nitrogens with one attached hydrogen (secondary N) is 1. The van der Waals surface area contributed by atoms with Crippen LogP contribution in [-0.2, 0) is 14.8 Å². The van der Waals surface area contributed by atoms with Crippen LogP contribution in [0.5, 0.6) is 0 Å².